The van der Waals surface area contributed by atoms with Gasteiger partial charge < -0.3 is 4.18 Å². The molecule has 0 saturated carbocycles. The molecule has 0 aliphatic heterocycles. The molecule has 9 heteroatoms. The molecule has 0 atom stereocenters. The Morgan fingerprint density at radius 1 is 1.21 bits per heavy atom. The van der Waals surface area contributed by atoms with Gasteiger partial charge in [0.25, 0.3) is 5.69 Å². The number of halogens is 1. The maximum atomic E-state index is 12.4. The lowest BCUT2D eigenvalue weighted by Gasteiger charge is -2.11. The summed E-state index contributed by atoms with van der Waals surface area (Å²) in [5.41, 5.74) is 0.480. The molecule has 0 saturated heterocycles. The zero-order chi connectivity index (χ0) is 18.1. The first-order chi connectivity index (χ1) is 11.1. The second-order valence-electron chi connectivity index (χ2n) is 5.00. The van der Waals surface area contributed by atoms with Crippen LogP contribution in [0.5, 0.6) is 5.75 Å². The number of rotatable bonds is 5. The van der Waals surface area contributed by atoms with Gasteiger partial charge >= 0.3 is 10.1 Å². The van der Waals surface area contributed by atoms with E-state index in [9.17, 15) is 23.3 Å². The van der Waals surface area contributed by atoms with Crippen molar-refractivity contribution in [1.82, 2.24) is 0 Å². The maximum absolute atomic E-state index is 12.4. The molecule has 7 nitrogen and oxygen atoms in total. The van der Waals surface area contributed by atoms with E-state index in [0.717, 1.165) is 11.6 Å². The van der Waals surface area contributed by atoms with Crippen LogP contribution in [-0.4, -0.2) is 19.1 Å². The van der Waals surface area contributed by atoms with Crippen molar-refractivity contribution >= 4 is 37.5 Å². The molecule has 0 spiro atoms. The molecule has 0 unspecified atom stereocenters. The van der Waals surface area contributed by atoms with Gasteiger partial charge in [0, 0.05) is 16.6 Å². The number of nitro groups is 1. The molecule has 126 valence electrons. The molecule has 0 aliphatic carbocycles. The summed E-state index contributed by atoms with van der Waals surface area (Å²) in [7, 11) is -4.35. The van der Waals surface area contributed by atoms with Crippen molar-refractivity contribution in [2.45, 2.75) is 18.7 Å². The van der Waals surface area contributed by atoms with Gasteiger partial charge in [-0.1, -0.05) is 27.6 Å². The van der Waals surface area contributed by atoms with E-state index in [1.165, 1.54) is 31.2 Å². The van der Waals surface area contributed by atoms with Gasteiger partial charge in [-0.05, 0) is 32.0 Å². The van der Waals surface area contributed by atoms with Gasteiger partial charge in [-0.25, -0.2) is 0 Å². The highest BCUT2D eigenvalue weighted by Crippen LogP contribution is 2.28. The quantitative estimate of drug-likeness (QED) is 0.320. The Balaban J connectivity index is 2.50. The Labute approximate surface area is 146 Å². The minimum Gasteiger partial charge on any atom is -0.378 e. The molecule has 0 N–H and O–H groups in total. The van der Waals surface area contributed by atoms with Crippen LogP contribution in [0.25, 0.3) is 0 Å². The number of nitro benzene ring substituents is 1. The van der Waals surface area contributed by atoms with Crippen molar-refractivity contribution in [3.8, 4) is 5.75 Å². The van der Waals surface area contributed by atoms with Gasteiger partial charge in [-0.15, -0.1) is 0 Å². The van der Waals surface area contributed by atoms with E-state index in [1.807, 2.05) is 0 Å². The summed E-state index contributed by atoms with van der Waals surface area (Å²) in [6.45, 7) is 3.04. The minimum absolute atomic E-state index is 0.114. The monoisotopic (exact) mass is 413 g/mol. The van der Waals surface area contributed by atoms with Crippen molar-refractivity contribution in [3.63, 3.8) is 0 Å². The summed E-state index contributed by atoms with van der Waals surface area (Å²) in [6, 6.07) is 7.73. The Morgan fingerprint density at radius 2 is 1.88 bits per heavy atom. The second-order valence-corrected chi connectivity index (χ2v) is 7.46. The summed E-state index contributed by atoms with van der Waals surface area (Å²) >= 11 is 3.03. The average Bonchev–Trinajstić information content (AvgIpc) is 2.48. The lowest BCUT2D eigenvalue weighted by atomic mass is 10.1. The number of Topliss-reactive ketones (excluding diaryl/α,β-unsaturated/α-hetero) is 1. The molecule has 0 aromatic heterocycles. The Morgan fingerprint density at radius 3 is 2.46 bits per heavy atom. The van der Waals surface area contributed by atoms with Crippen LogP contribution in [-0.2, 0) is 10.1 Å². The van der Waals surface area contributed by atoms with Crippen LogP contribution in [0.1, 0.15) is 22.8 Å². The molecule has 0 radical (unpaired) electrons. The van der Waals surface area contributed by atoms with E-state index in [2.05, 4.69) is 15.9 Å². The highest BCUT2D eigenvalue weighted by Gasteiger charge is 2.23. The van der Waals surface area contributed by atoms with E-state index in [0.29, 0.717) is 0 Å². The largest absolute Gasteiger partial charge is 0.378 e. The topological polar surface area (TPSA) is 104 Å². The summed E-state index contributed by atoms with van der Waals surface area (Å²) in [5, 5.41) is 10.9. The zero-order valence-electron chi connectivity index (χ0n) is 12.6. The van der Waals surface area contributed by atoms with Crippen molar-refractivity contribution in [3.05, 3.63) is 62.1 Å². The molecule has 0 bridgehead atoms. The third kappa shape index (κ3) is 3.98. The number of nitrogens with zero attached hydrogens (tertiary/aromatic N) is 1. The fourth-order valence-electron chi connectivity index (χ4n) is 1.96. The van der Waals surface area contributed by atoms with E-state index < -0.39 is 25.6 Å². The molecule has 2 aromatic carbocycles. The lowest BCUT2D eigenvalue weighted by molar-refractivity contribution is -0.385. The van der Waals surface area contributed by atoms with Crippen LogP contribution in [0.3, 0.4) is 0 Å². The van der Waals surface area contributed by atoms with Gasteiger partial charge in [-0.3, -0.25) is 14.9 Å². The molecule has 2 rings (SSSR count). The fraction of sp³-hybridized carbons (Fsp3) is 0.133. The van der Waals surface area contributed by atoms with Crippen molar-refractivity contribution in [2.75, 3.05) is 0 Å². The molecule has 0 fully saturated rings. The van der Waals surface area contributed by atoms with Crippen LogP contribution in [0.4, 0.5) is 5.69 Å². The maximum Gasteiger partial charge on any atom is 0.339 e. The first kappa shape index (κ1) is 18.1. The summed E-state index contributed by atoms with van der Waals surface area (Å²) in [4.78, 5) is 21.4. The third-order valence-corrected chi connectivity index (χ3v) is 4.74. The number of benzene rings is 2. The summed E-state index contributed by atoms with van der Waals surface area (Å²) in [6.07, 6.45) is 0. The number of non-ortho nitro benzene ring substituents is 1. The first-order valence-corrected chi connectivity index (χ1v) is 8.81. The average molecular weight is 414 g/mol. The van der Waals surface area contributed by atoms with Gasteiger partial charge in [0.2, 0.25) is 0 Å². The first-order valence-electron chi connectivity index (χ1n) is 6.61. The van der Waals surface area contributed by atoms with Gasteiger partial charge in [0.15, 0.2) is 11.5 Å². The van der Waals surface area contributed by atoms with Crippen LogP contribution in [0.15, 0.2) is 45.8 Å². The number of hydrogen-bond acceptors (Lipinski definition) is 6. The number of carbonyl (C=O) groups is 1. The number of hydrogen-bond donors (Lipinski definition) is 0. The molecule has 0 aliphatic rings. The zero-order valence-corrected chi connectivity index (χ0v) is 15.0. The highest BCUT2D eigenvalue weighted by atomic mass is 79.9. The molecular weight excluding hydrogens is 402 g/mol. The Bertz CT molecular complexity index is 939. The van der Waals surface area contributed by atoms with Gasteiger partial charge in [0.1, 0.15) is 4.90 Å². The van der Waals surface area contributed by atoms with Crippen LogP contribution < -0.4 is 4.18 Å². The number of carbonyl (C=O) groups excluding carboxylic acids is 1. The third-order valence-electron chi connectivity index (χ3n) is 3.07. The predicted molar refractivity (Wildman–Crippen MR) is 89.8 cm³/mol. The number of aryl methyl sites for hydroxylation is 1. The van der Waals surface area contributed by atoms with Gasteiger partial charge in [0.05, 0.1) is 10.5 Å². The highest BCUT2D eigenvalue weighted by molar-refractivity contribution is 9.10. The summed E-state index contributed by atoms with van der Waals surface area (Å²) < 4.78 is 30.1. The van der Waals surface area contributed by atoms with Crippen LogP contribution in [0, 0.1) is 17.0 Å². The van der Waals surface area contributed by atoms with E-state index in [-0.39, 0.29) is 21.6 Å². The Kier molecular flexibility index (Phi) is 5.05. The van der Waals surface area contributed by atoms with Crippen LogP contribution in [0.2, 0.25) is 0 Å². The predicted octanol–water partition coefficient (Wildman–Crippen LogP) is 3.64. The standard InChI is InChI=1S/C15H12BrNO6S/c1-9-3-4-15(14(5-9)10(2)18)23-24(21,22)13-7-11(16)6-12(8-13)17(19)20/h3-8H,1-2H3. The summed E-state index contributed by atoms with van der Waals surface area (Å²) in [5.74, 6) is -0.486. The molecule has 2 aromatic rings. The molecule has 0 heterocycles. The smallest absolute Gasteiger partial charge is 0.339 e. The normalized spacial score (nSPS) is 11.1. The van der Waals surface area contributed by atoms with E-state index >= 15 is 0 Å². The van der Waals surface area contributed by atoms with Gasteiger partial charge in [-0.2, -0.15) is 8.42 Å². The lowest BCUT2D eigenvalue weighted by Crippen LogP contribution is -2.12. The molecular formula is C15H12BrNO6S. The number of ketones is 1. The van der Waals surface area contributed by atoms with E-state index in [1.54, 1.807) is 13.0 Å². The molecule has 24 heavy (non-hydrogen) atoms. The van der Waals surface area contributed by atoms with Crippen LogP contribution >= 0.6 is 15.9 Å². The SMILES string of the molecule is CC(=O)c1cc(C)ccc1OS(=O)(=O)c1cc(Br)cc([N+](=O)[O-])c1. The second kappa shape index (κ2) is 6.70. The van der Waals surface area contributed by atoms with Crippen molar-refractivity contribution in [2.24, 2.45) is 0 Å². The van der Waals surface area contributed by atoms with Crippen molar-refractivity contribution < 1.29 is 22.3 Å². The minimum atomic E-state index is -4.35. The fourth-order valence-corrected chi connectivity index (χ4v) is 3.60. The van der Waals surface area contributed by atoms with E-state index in [4.69, 9.17) is 4.18 Å². The Hall–Kier alpha value is -2.26. The molecule has 0 amide bonds. The van der Waals surface area contributed by atoms with Crippen molar-refractivity contribution in [1.29, 1.82) is 0 Å².